The minimum absolute atomic E-state index is 0.109. The van der Waals surface area contributed by atoms with Gasteiger partial charge < -0.3 is 10.6 Å². The summed E-state index contributed by atoms with van der Waals surface area (Å²) in [5.41, 5.74) is 2.88. The molecule has 0 fully saturated rings. The lowest BCUT2D eigenvalue weighted by Crippen LogP contribution is -2.32. The van der Waals surface area contributed by atoms with Crippen LogP contribution in [0.1, 0.15) is 19.4 Å². The van der Waals surface area contributed by atoms with Crippen LogP contribution in [-0.2, 0) is 11.2 Å². The normalized spacial score (nSPS) is 11.9. The summed E-state index contributed by atoms with van der Waals surface area (Å²) in [7, 11) is 0. The van der Waals surface area contributed by atoms with Gasteiger partial charge in [0.1, 0.15) is 18.2 Å². The highest BCUT2D eigenvalue weighted by Crippen LogP contribution is 2.19. The number of benzene rings is 2. The van der Waals surface area contributed by atoms with Crippen LogP contribution in [0.4, 0.5) is 11.5 Å². The number of aromatic nitrogens is 2. The maximum Gasteiger partial charge on any atom is 0.246 e. The second kappa shape index (κ2) is 7.08. The van der Waals surface area contributed by atoms with Crippen LogP contribution in [0.2, 0.25) is 0 Å². The van der Waals surface area contributed by atoms with Crippen molar-refractivity contribution in [2.75, 3.05) is 10.6 Å². The van der Waals surface area contributed by atoms with E-state index >= 15 is 0 Å². The Labute approximate surface area is 141 Å². The molecule has 0 spiro atoms. The standard InChI is InChI=1S/C19H20N4O/c1-3-14-8-10-15(11-9-14)23-19(24)13(2)22-18-16-6-4-5-7-17(16)20-12-21-18/h4-13H,3H2,1-2H3,(H,23,24)(H,20,21,22). The number of nitrogens with zero attached hydrogens (tertiary/aromatic N) is 2. The number of hydrogen-bond donors (Lipinski definition) is 2. The zero-order valence-corrected chi connectivity index (χ0v) is 13.8. The van der Waals surface area contributed by atoms with Crippen molar-refractivity contribution in [2.45, 2.75) is 26.3 Å². The van der Waals surface area contributed by atoms with Crippen molar-refractivity contribution in [1.29, 1.82) is 0 Å². The average Bonchev–Trinajstić information content (AvgIpc) is 2.62. The lowest BCUT2D eigenvalue weighted by atomic mass is 10.1. The third kappa shape index (κ3) is 3.51. The first-order chi connectivity index (χ1) is 11.7. The first-order valence-corrected chi connectivity index (χ1v) is 8.03. The number of amides is 1. The molecule has 1 heterocycles. The van der Waals surface area contributed by atoms with Gasteiger partial charge in [0.2, 0.25) is 5.91 Å². The van der Waals surface area contributed by atoms with Gasteiger partial charge in [0.25, 0.3) is 0 Å². The van der Waals surface area contributed by atoms with E-state index in [1.807, 2.05) is 55.5 Å². The van der Waals surface area contributed by atoms with E-state index in [-0.39, 0.29) is 5.91 Å². The number of carbonyl (C=O) groups is 1. The van der Waals surface area contributed by atoms with Crippen molar-refractivity contribution in [2.24, 2.45) is 0 Å². The Balaban J connectivity index is 1.71. The molecule has 0 saturated heterocycles. The number of para-hydroxylation sites is 1. The number of rotatable bonds is 5. The number of carbonyl (C=O) groups excluding carboxylic acids is 1. The number of fused-ring (bicyclic) bond motifs is 1. The SMILES string of the molecule is CCc1ccc(NC(=O)C(C)Nc2ncnc3ccccc23)cc1. The second-order valence-corrected chi connectivity index (χ2v) is 5.65. The monoisotopic (exact) mass is 320 g/mol. The summed E-state index contributed by atoms with van der Waals surface area (Å²) >= 11 is 0. The van der Waals surface area contributed by atoms with Gasteiger partial charge in [0.05, 0.1) is 5.52 Å². The summed E-state index contributed by atoms with van der Waals surface area (Å²) in [5.74, 6) is 0.548. The molecule has 122 valence electrons. The molecule has 1 atom stereocenters. The largest absolute Gasteiger partial charge is 0.358 e. The van der Waals surface area contributed by atoms with Gasteiger partial charge in [-0.2, -0.15) is 0 Å². The molecule has 0 bridgehead atoms. The van der Waals surface area contributed by atoms with Crippen LogP contribution in [0, 0.1) is 0 Å². The van der Waals surface area contributed by atoms with E-state index in [4.69, 9.17) is 0 Å². The van der Waals surface area contributed by atoms with Crippen LogP contribution in [0.25, 0.3) is 10.9 Å². The van der Waals surface area contributed by atoms with E-state index in [1.54, 1.807) is 0 Å². The molecule has 0 aliphatic rings. The van der Waals surface area contributed by atoms with Gasteiger partial charge in [0.15, 0.2) is 0 Å². The lowest BCUT2D eigenvalue weighted by molar-refractivity contribution is -0.116. The average molecular weight is 320 g/mol. The number of hydrogen-bond acceptors (Lipinski definition) is 4. The molecular weight excluding hydrogens is 300 g/mol. The second-order valence-electron chi connectivity index (χ2n) is 5.65. The minimum Gasteiger partial charge on any atom is -0.358 e. The van der Waals surface area contributed by atoms with Crippen molar-refractivity contribution in [3.8, 4) is 0 Å². The minimum atomic E-state index is -0.422. The quantitative estimate of drug-likeness (QED) is 0.753. The van der Waals surface area contributed by atoms with Gasteiger partial charge in [-0.3, -0.25) is 4.79 Å². The van der Waals surface area contributed by atoms with Crippen LogP contribution in [0.5, 0.6) is 0 Å². The first kappa shape index (κ1) is 15.9. The Morgan fingerprint density at radius 1 is 1.08 bits per heavy atom. The van der Waals surface area contributed by atoms with E-state index in [1.165, 1.54) is 11.9 Å². The molecule has 0 aliphatic heterocycles. The predicted octanol–water partition coefficient (Wildman–Crippen LogP) is 3.63. The molecule has 2 N–H and O–H groups in total. The number of anilines is 2. The molecule has 5 nitrogen and oxygen atoms in total. The van der Waals surface area contributed by atoms with E-state index < -0.39 is 6.04 Å². The number of nitrogens with one attached hydrogen (secondary N) is 2. The van der Waals surface area contributed by atoms with Gasteiger partial charge in [-0.15, -0.1) is 0 Å². The van der Waals surface area contributed by atoms with Crippen molar-refractivity contribution < 1.29 is 4.79 Å². The molecule has 0 saturated carbocycles. The van der Waals surface area contributed by atoms with Crippen molar-refractivity contribution in [3.63, 3.8) is 0 Å². The Kier molecular flexibility index (Phi) is 4.70. The lowest BCUT2D eigenvalue weighted by Gasteiger charge is -2.16. The summed E-state index contributed by atoms with van der Waals surface area (Å²) in [6.07, 6.45) is 2.48. The van der Waals surface area contributed by atoms with Gasteiger partial charge in [-0.1, -0.05) is 31.2 Å². The summed E-state index contributed by atoms with van der Waals surface area (Å²) in [6, 6.07) is 15.2. The topological polar surface area (TPSA) is 66.9 Å². The fraction of sp³-hybridized carbons (Fsp3) is 0.211. The van der Waals surface area contributed by atoms with E-state index in [0.29, 0.717) is 5.82 Å². The fourth-order valence-corrected chi connectivity index (χ4v) is 2.46. The highest BCUT2D eigenvalue weighted by molar-refractivity contribution is 5.98. The molecule has 1 aromatic heterocycles. The maximum absolute atomic E-state index is 12.4. The summed E-state index contributed by atoms with van der Waals surface area (Å²) in [6.45, 7) is 3.91. The molecule has 3 rings (SSSR count). The van der Waals surface area contributed by atoms with Gasteiger partial charge in [-0.25, -0.2) is 9.97 Å². The highest BCUT2D eigenvalue weighted by atomic mass is 16.2. The molecule has 24 heavy (non-hydrogen) atoms. The van der Waals surface area contributed by atoms with Gasteiger partial charge in [-0.05, 0) is 43.2 Å². The first-order valence-electron chi connectivity index (χ1n) is 8.03. The smallest absolute Gasteiger partial charge is 0.246 e. The highest BCUT2D eigenvalue weighted by Gasteiger charge is 2.15. The molecule has 2 aromatic carbocycles. The van der Waals surface area contributed by atoms with Crippen molar-refractivity contribution in [3.05, 3.63) is 60.4 Å². The molecule has 0 radical (unpaired) electrons. The van der Waals surface area contributed by atoms with Crippen LogP contribution in [0.3, 0.4) is 0 Å². The molecule has 1 unspecified atom stereocenters. The van der Waals surface area contributed by atoms with Crippen LogP contribution < -0.4 is 10.6 Å². The van der Waals surface area contributed by atoms with Crippen molar-refractivity contribution in [1.82, 2.24) is 9.97 Å². The van der Waals surface area contributed by atoms with Gasteiger partial charge >= 0.3 is 0 Å². The Hall–Kier alpha value is -2.95. The molecular formula is C19H20N4O. The number of aryl methyl sites for hydroxylation is 1. The maximum atomic E-state index is 12.4. The van der Waals surface area contributed by atoms with Crippen LogP contribution in [-0.4, -0.2) is 21.9 Å². The van der Waals surface area contributed by atoms with E-state index in [9.17, 15) is 4.79 Å². The Morgan fingerprint density at radius 3 is 2.58 bits per heavy atom. The van der Waals surface area contributed by atoms with E-state index in [2.05, 4.69) is 27.5 Å². The molecule has 1 amide bonds. The van der Waals surface area contributed by atoms with Crippen molar-refractivity contribution >= 4 is 28.3 Å². The summed E-state index contributed by atoms with van der Waals surface area (Å²) in [5, 5.41) is 6.98. The van der Waals surface area contributed by atoms with Gasteiger partial charge in [0, 0.05) is 11.1 Å². The molecule has 3 aromatic rings. The zero-order chi connectivity index (χ0) is 16.9. The predicted molar refractivity (Wildman–Crippen MR) is 97.1 cm³/mol. The zero-order valence-electron chi connectivity index (χ0n) is 13.8. The Bertz CT molecular complexity index is 840. The van der Waals surface area contributed by atoms with E-state index in [0.717, 1.165) is 23.0 Å². The summed E-state index contributed by atoms with van der Waals surface area (Å²) < 4.78 is 0. The third-order valence-corrected chi connectivity index (χ3v) is 3.92. The third-order valence-electron chi connectivity index (χ3n) is 3.92. The molecule has 5 heteroatoms. The van der Waals surface area contributed by atoms with Crippen LogP contribution >= 0.6 is 0 Å². The fourth-order valence-electron chi connectivity index (χ4n) is 2.46. The summed E-state index contributed by atoms with van der Waals surface area (Å²) in [4.78, 5) is 20.9. The van der Waals surface area contributed by atoms with Crippen LogP contribution in [0.15, 0.2) is 54.9 Å². The Morgan fingerprint density at radius 2 is 1.83 bits per heavy atom. The molecule has 0 aliphatic carbocycles.